The van der Waals surface area contributed by atoms with E-state index >= 15 is 0 Å². The van der Waals surface area contributed by atoms with Crippen LogP contribution in [0.2, 0.25) is 0 Å². The van der Waals surface area contributed by atoms with Crippen molar-refractivity contribution in [2.24, 2.45) is 0 Å². The molecule has 0 heterocycles. The fourth-order valence-electron chi connectivity index (χ4n) is 1.73. The Morgan fingerprint density at radius 2 is 1.67 bits per heavy atom. The van der Waals surface area contributed by atoms with Crippen molar-refractivity contribution in [3.8, 4) is 0 Å². The topological polar surface area (TPSA) is 3.24 Å². The average Bonchev–Trinajstić information content (AvgIpc) is 2.29. The molecule has 0 N–H and O–H groups in total. The van der Waals surface area contributed by atoms with Crippen molar-refractivity contribution in [1.82, 2.24) is 4.90 Å². The van der Waals surface area contributed by atoms with Crippen LogP contribution < -0.4 is 0 Å². The molecule has 0 aliphatic rings. The number of hydrogen-bond donors (Lipinski definition) is 0. The first kappa shape index (κ1) is 17.0. The quantitative estimate of drug-likeness (QED) is 0.781. The fourth-order valence-corrected chi connectivity index (χ4v) is 1.73. The number of aryl methyl sites for hydroxylation is 1. The van der Waals surface area contributed by atoms with Crippen molar-refractivity contribution in [1.29, 1.82) is 0 Å². The van der Waals surface area contributed by atoms with Crippen LogP contribution >= 0.6 is 0 Å². The van der Waals surface area contributed by atoms with Crippen LogP contribution in [0.15, 0.2) is 18.2 Å². The van der Waals surface area contributed by atoms with Gasteiger partial charge in [-0.05, 0) is 37.7 Å². The summed E-state index contributed by atoms with van der Waals surface area (Å²) in [4.78, 5) is 1.75. The second-order valence-corrected chi connectivity index (χ2v) is 4.03. The van der Waals surface area contributed by atoms with Crippen LogP contribution in [0.1, 0.15) is 37.5 Å². The molecule has 1 aromatic rings. The van der Waals surface area contributed by atoms with Crippen molar-refractivity contribution in [2.75, 3.05) is 14.1 Å². The van der Waals surface area contributed by atoms with Crippen LogP contribution in [0.25, 0.3) is 0 Å². The van der Waals surface area contributed by atoms with E-state index in [0.717, 1.165) is 11.6 Å². The summed E-state index contributed by atoms with van der Waals surface area (Å²) in [5.41, 5.74) is 0.645. The van der Waals surface area contributed by atoms with E-state index in [-0.39, 0.29) is 0 Å². The van der Waals surface area contributed by atoms with E-state index in [4.69, 9.17) is 0 Å². The van der Waals surface area contributed by atoms with Crippen LogP contribution in [-0.4, -0.2) is 19.0 Å². The second kappa shape index (κ2) is 7.41. The zero-order valence-corrected chi connectivity index (χ0v) is 11.7. The molecule has 0 unspecified atom stereocenters. The monoisotopic (exact) mass is 261 g/mol. The second-order valence-electron chi connectivity index (χ2n) is 4.03. The molecule has 0 aliphatic carbocycles. The molecule has 0 spiro atoms. The standard InChI is InChI=1S/C12H16F3N.C2H6/c1-4-9-6-5-7-11(12(13,14)15)10(9)8-16(2)3;1-2/h5-7H,4,8H2,1-3H3;1-2H3. The van der Waals surface area contributed by atoms with Crippen molar-refractivity contribution in [3.63, 3.8) is 0 Å². The molecule has 0 bridgehead atoms. The van der Waals surface area contributed by atoms with Crippen molar-refractivity contribution < 1.29 is 13.2 Å². The summed E-state index contributed by atoms with van der Waals surface area (Å²) in [5.74, 6) is 0. The Bertz CT molecular complexity index is 357. The van der Waals surface area contributed by atoms with Gasteiger partial charge in [-0.3, -0.25) is 0 Å². The van der Waals surface area contributed by atoms with Crippen molar-refractivity contribution in [2.45, 2.75) is 39.9 Å². The Kier molecular flexibility index (Phi) is 6.99. The first-order chi connectivity index (χ1) is 8.36. The Morgan fingerprint density at radius 1 is 1.11 bits per heavy atom. The molecule has 0 aliphatic heterocycles. The number of alkyl halides is 3. The van der Waals surface area contributed by atoms with Crippen molar-refractivity contribution >= 4 is 0 Å². The highest BCUT2D eigenvalue weighted by atomic mass is 19.4. The molecule has 0 saturated heterocycles. The molecule has 0 aromatic heterocycles. The molecule has 4 heteroatoms. The Morgan fingerprint density at radius 3 is 2.06 bits per heavy atom. The van der Waals surface area contributed by atoms with Gasteiger partial charge in [-0.25, -0.2) is 0 Å². The predicted molar refractivity (Wildman–Crippen MR) is 69.6 cm³/mol. The summed E-state index contributed by atoms with van der Waals surface area (Å²) in [6.45, 7) is 6.19. The van der Waals surface area contributed by atoms with E-state index in [1.807, 2.05) is 20.8 Å². The molecule has 0 saturated carbocycles. The molecule has 0 amide bonds. The van der Waals surface area contributed by atoms with Gasteiger partial charge < -0.3 is 4.90 Å². The van der Waals surface area contributed by atoms with Crippen LogP contribution in [0.5, 0.6) is 0 Å². The van der Waals surface area contributed by atoms with Crippen LogP contribution in [0.3, 0.4) is 0 Å². The highest BCUT2D eigenvalue weighted by molar-refractivity contribution is 5.37. The molecule has 0 atom stereocenters. The zero-order chi connectivity index (χ0) is 14.3. The van der Waals surface area contributed by atoms with E-state index in [9.17, 15) is 13.2 Å². The smallest absolute Gasteiger partial charge is 0.305 e. The van der Waals surface area contributed by atoms with E-state index in [0.29, 0.717) is 18.5 Å². The maximum atomic E-state index is 12.8. The SMILES string of the molecule is CC.CCc1cccc(C(F)(F)F)c1CN(C)C. The summed E-state index contributed by atoms with van der Waals surface area (Å²) in [6, 6.07) is 4.38. The summed E-state index contributed by atoms with van der Waals surface area (Å²) in [6.07, 6.45) is -3.65. The first-order valence-electron chi connectivity index (χ1n) is 6.19. The van der Waals surface area contributed by atoms with Crippen molar-refractivity contribution in [3.05, 3.63) is 34.9 Å². The maximum absolute atomic E-state index is 12.8. The van der Waals surface area contributed by atoms with Gasteiger partial charge in [0, 0.05) is 6.54 Å². The van der Waals surface area contributed by atoms with E-state index in [1.165, 1.54) is 6.07 Å². The van der Waals surface area contributed by atoms with Gasteiger partial charge >= 0.3 is 6.18 Å². The average molecular weight is 261 g/mol. The summed E-state index contributed by atoms with van der Waals surface area (Å²) < 4.78 is 38.4. The molecule has 1 aromatic carbocycles. The highest BCUT2D eigenvalue weighted by Crippen LogP contribution is 2.33. The van der Waals surface area contributed by atoms with Gasteiger partial charge in [0.1, 0.15) is 0 Å². The van der Waals surface area contributed by atoms with Crippen LogP contribution in [-0.2, 0) is 19.1 Å². The molecular weight excluding hydrogens is 239 g/mol. The van der Waals surface area contributed by atoms with E-state index in [2.05, 4.69) is 0 Å². The molecule has 104 valence electrons. The number of benzene rings is 1. The van der Waals surface area contributed by atoms with Gasteiger partial charge in [0.05, 0.1) is 5.56 Å². The Hall–Kier alpha value is -1.03. The molecule has 1 nitrogen and oxygen atoms in total. The number of hydrogen-bond acceptors (Lipinski definition) is 1. The van der Waals surface area contributed by atoms with Gasteiger partial charge in [0.2, 0.25) is 0 Å². The van der Waals surface area contributed by atoms with Gasteiger partial charge in [-0.1, -0.05) is 32.9 Å². The number of nitrogens with zero attached hydrogens (tertiary/aromatic N) is 1. The van der Waals surface area contributed by atoms with E-state index in [1.54, 1.807) is 25.1 Å². The summed E-state index contributed by atoms with van der Waals surface area (Å²) in [5, 5.41) is 0. The maximum Gasteiger partial charge on any atom is 0.416 e. The predicted octanol–water partition coefficient (Wildman–Crippen LogP) is 4.36. The minimum atomic E-state index is -4.27. The number of rotatable bonds is 3. The zero-order valence-electron chi connectivity index (χ0n) is 11.7. The van der Waals surface area contributed by atoms with Gasteiger partial charge in [0.25, 0.3) is 0 Å². The minimum absolute atomic E-state index is 0.318. The lowest BCUT2D eigenvalue weighted by Gasteiger charge is -2.19. The van der Waals surface area contributed by atoms with Crippen LogP contribution in [0.4, 0.5) is 13.2 Å². The Labute approximate surface area is 108 Å². The van der Waals surface area contributed by atoms with Gasteiger partial charge in [0.15, 0.2) is 0 Å². The summed E-state index contributed by atoms with van der Waals surface area (Å²) >= 11 is 0. The molecule has 18 heavy (non-hydrogen) atoms. The Balaban J connectivity index is 0.00000137. The lowest BCUT2D eigenvalue weighted by molar-refractivity contribution is -0.138. The molecule has 0 fully saturated rings. The third-order valence-electron chi connectivity index (χ3n) is 2.43. The summed E-state index contributed by atoms with van der Waals surface area (Å²) in [7, 11) is 3.54. The van der Waals surface area contributed by atoms with E-state index < -0.39 is 11.7 Å². The number of halogens is 3. The fraction of sp³-hybridized carbons (Fsp3) is 0.571. The molecule has 1 rings (SSSR count). The van der Waals surface area contributed by atoms with Gasteiger partial charge in [-0.2, -0.15) is 13.2 Å². The third-order valence-corrected chi connectivity index (χ3v) is 2.43. The van der Waals surface area contributed by atoms with Gasteiger partial charge in [-0.15, -0.1) is 0 Å². The lowest BCUT2D eigenvalue weighted by Crippen LogP contribution is -2.18. The lowest BCUT2D eigenvalue weighted by atomic mass is 9.98. The third kappa shape index (κ3) is 4.69. The normalized spacial score (nSPS) is 11.2. The largest absolute Gasteiger partial charge is 0.416 e. The molecular formula is C14H22F3N. The first-order valence-corrected chi connectivity index (χ1v) is 6.19. The minimum Gasteiger partial charge on any atom is -0.305 e. The highest BCUT2D eigenvalue weighted by Gasteiger charge is 2.33. The van der Waals surface area contributed by atoms with Crippen LogP contribution in [0, 0.1) is 0 Å². The molecule has 0 radical (unpaired) electrons.